The Morgan fingerprint density at radius 3 is 3.00 bits per heavy atom. The van der Waals surface area contributed by atoms with Crippen LogP contribution in [0.5, 0.6) is 0 Å². The molecular formula is C20H27ClN4O2. The number of fused-ring (bicyclic) bond motifs is 4. The standard InChI is InChI=1S/C20H27ClN4O2/c1-2-3-6-18-22-15(20(21)23-18)11-24-9-13-8-14(10-24)17(12-26)25-16(13)5-4-7-19(25)27/h4-5,7,13-14,17,26H,2-3,6,8-12H2,1H3,(H,22,23)/t13-,14+,17+/m1/s1. The number of unbranched alkanes of at least 4 members (excludes halogenated alkanes) is 1. The van der Waals surface area contributed by atoms with E-state index in [0.717, 1.165) is 62.5 Å². The van der Waals surface area contributed by atoms with Crippen LogP contribution in [0.3, 0.4) is 0 Å². The Morgan fingerprint density at radius 2 is 2.22 bits per heavy atom. The summed E-state index contributed by atoms with van der Waals surface area (Å²) >= 11 is 6.37. The molecule has 0 saturated carbocycles. The highest BCUT2D eigenvalue weighted by molar-refractivity contribution is 6.30. The van der Waals surface area contributed by atoms with Gasteiger partial charge in [-0.1, -0.05) is 31.0 Å². The van der Waals surface area contributed by atoms with E-state index < -0.39 is 0 Å². The van der Waals surface area contributed by atoms with E-state index in [4.69, 9.17) is 11.6 Å². The number of imidazole rings is 1. The van der Waals surface area contributed by atoms with Crippen molar-refractivity contribution in [2.75, 3.05) is 19.7 Å². The van der Waals surface area contributed by atoms with Gasteiger partial charge in [0.05, 0.1) is 18.3 Å². The Labute approximate surface area is 164 Å². The number of aromatic nitrogens is 3. The molecule has 0 aliphatic carbocycles. The van der Waals surface area contributed by atoms with E-state index >= 15 is 0 Å². The molecule has 1 saturated heterocycles. The number of nitrogens with zero attached hydrogens (tertiary/aromatic N) is 3. The van der Waals surface area contributed by atoms with E-state index in [9.17, 15) is 9.90 Å². The van der Waals surface area contributed by atoms with Crippen molar-refractivity contribution < 1.29 is 5.11 Å². The molecule has 0 unspecified atom stereocenters. The molecule has 2 aliphatic heterocycles. The fourth-order valence-electron chi connectivity index (χ4n) is 4.73. The quantitative estimate of drug-likeness (QED) is 0.795. The number of piperidine rings is 1. The zero-order valence-corrected chi connectivity index (χ0v) is 16.5. The molecule has 146 valence electrons. The van der Waals surface area contributed by atoms with E-state index in [1.165, 1.54) is 0 Å². The Kier molecular flexibility index (Phi) is 5.39. The highest BCUT2D eigenvalue weighted by Crippen LogP contribution is 2.41. The molecule has 2 aliphatic rings. The highest BCUT2D eigenvalue weighted by Gasteiger charge is 2.40. The number of hydrogen-bond acceptors (Lipinski definition) is 4. The average Bonchev–Trinajstić information content (AvgIpc) is 3.00. The summed E-state index contributed by atoms with van der Waals surface area (Å²) in [5, 5.41) is 10.5. The fourth-order valence-corrected chi connectivity index (χ4v) is 4.94. The van der Waals surface area contributed by atoms with Crippen LogP contribution in [-0.4, -0.2) is 44.2 Å². The van der Waals surface area contributed by atoms with Crippen LogP contribution in [-0.2, 0) is 13.0 Å². The third-order valence-electron chi connectivity index (χ3n) is 5.99. The summed E-state index contributed by atoms with van der Waals surface area (Å²) in [4.78, 5) is 22.6. The lowest BCUT2D eigenvalue weighted by Crippen LogP contribution is -2.50. The van der Waals surface area contributed by atoms with E-state index in [1.807, 2.05) is 16.7 Å². The maximum absolute atomic E-state index is 12.4. The second-order valence-corrected chi connectivity index (χ2v) is 8.21. The van der Waals surface area contributed by atoms with Crippen LogP contribution in [0.1, 0.15) is 55.4 Å². The van der Waals surface area contributed by atoms with Crippen molar-refractivity contribution in [1.29, 1.82) is 0 Å². The Hall–Kier alpha value is -1.63. The van der Waals surface area contributed by atoms with Crippen LogP contribution in [0.2, 0.25) is 5.15 Å². The number of likely N-dealkylation sites (tertiary alicyclic amines) is 1. The van der Waals surface area contributed by atoms with Crippen molar-refractivity contribution in [2.45, 2.75) is 51.1 Å². The van der Waals surface area contributed by atoms with E-state index in [2.05, 4.69) is 21.8 Å². The molecule has 4 heterocycles. The summed E-state index contributed by atoms with van der Waals surface area (Å²) in [6.07, 6.45) is 4.17. The molecule has 27 heavy (non-hydrogen) atoms. The molecule has 7 heteroatoms. The van der Waals surface area contributed by atoms with Crippen molar-refractivity contribution >= 4 is 11.6 Å². The number of aryl methyl sites for hydroxylation is 1. The van der Waals surface area contributed by atoms with Crippen molar-refractivity contribution in [3.05, 3.63) is 50.9 Å². The second-order valence-electron chi connectivity index (χ2n) is 7.85. The molecule has 2 aromatic rings. The normalized spacial score (nSPS) is 24.8. The largest absolute Gasteiger partial charge is 0.394 e. The van der Waals surface area contributed by atoms with Gasteiger partial charge in [0.25, 0.3) is 5.56 Å². The van der Waals surface area contributed by atoms with Gasteiger partial charge in [-0.2, -0.15) is 0 Å². The van der Waals surface area contributed by atoms with Crippen LogP contribution < -0.4 is 5.56 Å². The number of rotatable bonds is 6. The smallest absolute Gasteiger partial charge is 0.251 e. The lowest BCUT2D eigenvalue weighted by molar-refractivity contribution is 0.0575. The molecule has 1 fully saturated rings. The number of hydrogen-bond donors (Lipinski definition) is 2. The summed E-state index contributed by atoms with van der Waals surface area (Å²) in [5.74, 6) is 1.53. The molecule has 0 amide bonds. The number of pyridine rings is 1. The minimum atomic E-state index is -0.148. The highest BCUT2D eigenvalue weighted by atomic mass is 35.5. The minimum Gasteiger partial charge on any atom is -0.394 e. The first-order valence-corrected chi connectivity index (χ1v) is 10.3. The van der Waals surface area contributed by atoms with Crippen molar-refractivity contribution in [2.24, 2.45) is 5.92 Å². The molecule has 0 radical (unpaired) electrons. The number of H-pyrrole nitrogens is 1. The molecule has 4 rings (SSSR count). The van der Waals surface area contributed by atoms with Crippen LogP contribution in [0, 0.1) is 5.92 Å². The summed E-state index contributed by atoms with van der Waals surface area (Å²) in [6.45, 7) is 4.62. The Bertz CT molecular complexity index is 862. The van der Waals surface area contributed by atoms with Gasteiger partial charge in [-0.25, -0.2) is 4.98 Å². The molecular weight excluding hydrogens is 364 g/mol. The van der Waals surface area contributed by atoms with Gasteiger partial charge in [-0.05, 0) is 24.8 Å². The molecule has 2 bridgehead atoms. The summed E-state index contributed by atoms with van der Waals surface area (Å²) in [5.41, 5.74) is 2.00. The molecule has 0 spiro atoms. The summed E-state index contributed by atoms with van der Waals surface area (Å²) < 4.78 is 1.82. The van der Waals surface area contributed by atoms with Crippen LogP contribution in [0.15, 0.2) is 23.0 Å². The number of aromatic amines is 1. The van der Waals surface area contributed by atoms with E-state index in [1.54, 1.807) is 6.07 Å². The minimum absolute atomic E-state index is 0.00583. The van der Waals surface area contributed by atoms with Crippen molar-refractivity contribution in [3.63, 3.8) is 0 Å². The zero-order chi connectivity index (χ0) is 19.0. The predicted octanol–water partition coefficient (Wildman–Crippen LogP) is 2.72. The molecule has 3 atom stereocenters. The molecule has 2 aromatic heterocycles. The predicted molar refractivity (Wildman–Crippen MR) is 105 cm³/mol. The average molecular weight is 391 g/mol. The van der Waals surface area contributed by atoms with Gasteiger partial charge < -0.3 is 14.7 Å². The molecule has 0 aromatic carbocycles. The van der Waals surface area contributed by atoms with E-state index in [-0.39, 0.29) is 24.1 Å². The lowest BCUT2D eigenvalue weighted by atomic mass is 9.78. The van der Waals surface area contributed by atoms with Gasteiger partial charge in [0.15, 0.2) is 5.15 Å². The van der Waals surface area contributed by atoms with Crippen LogP contribution in [0.25, 0.3) is 0 Å². The first-order chi connectivity index (χ1) is 13.1. The van der Waals surface area contributed by atoms with Gasteiger partial charge in [0.1, 0.15) is 5.82 Å². The van der Waals surface area contributed by atoms with Crippen LogP contribution in [0.4, 0.5) is 0 Å². The maximum Gasteiger partial charge on any atom is 0.251 e. The lowest BCUT2D eigenvalue weighted by Gasteiger charge is -2.46. The first-order valence-electron chi connectivity index (χ1n) is 9.88. The number of nitrogens with one attached hydrogen (secondary N) is 1. The Morgan fingerprint density at radius 1 is 1.37 bits per heavy atom. The Balaban J connectivity index is 1.55. The van der Waals surface area contributed by atoms with Gasteiger partial charge in [-0.3, -0.25) is 9.69 Å². The third kappa shape index (κ3) is 3.58. The zero-order valence-electron chi connectivity index (χ0n) is 15.7. The van der Waals surface area contributed by atoms with Crippen molar-refractivity contribution in [1.82, 2.24) is 19.4 Å². The topological polar surface area (TPSA) is 74.2 Å². The van der Waals surface area contributed by atoms with Gasteiger partial charge in [0, 0.05) is 43.7 Å². The number of aliphatic hydroxyl groups excluding tert-OH is 1. The van der Waals surface area contributed by atoms with Gasteiger partial charge in [-0.15, -0.1) is 0 Å². The summed E-state index contributed by atoms with van der Waals surface area (Å²) in [7, 11) is 0. The number of aliphatic hydroxyl groups is 1. The van der Waals surface area contributed by atoms with Gasteiger partial charge >= 0.3 is 0 Å². The molecule has 2 N–H and O–H groups in total. The molecule has 6 nitrogen and oxygen atoms in total. The third-order valence-corrected chi connectivity index (χ3v) is 6.30. The van der Waals surface area contributed by atoms with Crippen LogP contribution >= 0.6 is 11.6 Å². The second kappa shape index (κ2) is 7.78. The summed E-state index contributed by atoms with van der Waals surface area (Å²) in [6, 6.07) is 5.30. The first kappa shape index (κ1) is 18.7. The maximum atomic E-state index is 12.4. The fraction of sp³-hybridized carbons (Fsp3) is 0.600. The van der Waals surface area contributed by atoms with E-state index in [0.29, 0.717) is 11.1 Å². The van der Waals surface area contributed by atoms with Crippen molar-refractivity contribution in [3.8, 4) is 0 Å². The SMILES string of the molecule is CCCCc1nc(Cl)c(CN2C[C@H]3C[C@@H](C2)[C@H](CO)n2c3cccc2=O)[nH]1. The number of halogens is 1. The van der Waals surface area contributed by atoms with Gasteiger partial charge in [0.2, 0.25) is 0 Å². The monoisotopic (exact) mass is 390 g/mol.